The van der Waals surface area contributed by atoms with E-state index in [1.165, 1.54) is 0 Å². The second-order valence-electron chi connectivity index (χ2n) is 3.95. The molecule has 0 unspecified atom stereocenters. The van der Waals surface area contributed by atoms with Gasteiger partial charge in [0.1, 0.15) is 22.4 Å². The van der Waals surface area contributed by atoms with E-state index in [1.807, 2.05) is 44.2 Å². The summed E-state index contributed by atoms with van der Waals surface area (Å²) in [6.07, 6.45) is 0. The summed E-state index contributed by atoms with van der Waals surface area (Å²) >= 11 is 1.60. The number of nitrogens with zero attached hydrogens (tertiary/aromatic N) is 2. The normalized spacial score (nSPS) is 10.3. The minimum Gasteiger partial charge on any atom is -0.497 e. The van der Waals surface area contributed by atoms with E-state index >= 15 is 0 Å². The third kappa shape index (κ3) is 3.86. The van der Waals surface area contributed by atoms with Crippen LogP contribution in [0.15, 0.2) is 40.3 Å². The molecule has 1 aromatic heterocycles. The van der Waals surface area contributed by atoms with Gasteiger partial charge in [-0.3, -0.25) is 0 Å². The minimum atomic E-state index is 0.767. The van der Waals surface area contributed by atoms with Crippen LogP contribution in [0.3, 0.4) is 0 Å². The standard InChI is InChI=1S/C14H17N3OS/c1-4-15-13-9-14(17-10(2)16-13)19-12-7-5-6-11(8-12)18-3/h5-9H,4H2,1-3H3,(H,15,16,17). The predicted octanol–water partition coefficient (Wildman–Crippen LogP) is 3.38. The molecule has 0 bridgehead atoms. The van der Waals surface area contributed by atoms with Crippen LogP contribution < -0.4 is 10.1 Å². The van der Waals surface area contributed by atoms with Crippen molar-refractivity contribution in [2.45, 2.75) is 23.8 Å². The lowest BCUT2D eigenvalue weighted by atomic mass is 10.3. The molecule has 0 atom stereocenters. The molecule has 0 radical (unpaired) electrons. The van der Waals surface area contributed by atoms with Crippen molar-refractivity contribution in [3.63, 3.8) is 0 Å². The van der Waals surface area contributed by atoms with Crippen molar-refractivity contribution in [2.75, 3.05) is 19.0 Å². The highest BCUT2D eigenvalue weighted by atomic mass is 32.2. The zero-order chi connectivity index (χ0) is 13.7. The third-order valence-corrected chi connectivity index (χ3v) is 3.34. The molecular formula is C14H17N3OS. The quantitative estimate of drug-likeness (QED) is 0.848. The molecule has 100 valence electrons. The Morgan fingerprint density at radius 3 is 2.84 bits per heavy atom. The number of ether oxygens (including phenoxy) is 1. The Balaban J connectivity index is 2.22. The molecule has 0 saturated heterocycles. The second kappa shape index (κ2) is 6.43. The lowest BCUT2D eigenvalue weighted by Gasteiger charge is -2.07. The second-order valence-corrected chi connectivity index (χ2v) is 5.04. The fourth-order valence-corrected chi connectivity index (χ4v) is 2.56. The Kier molecular flexibility index (Phi) is 4.63. The van der Waals surface area contributed by atoms with Gasteiger partial charge in [0, 0.05) is 17.5 Å². The first-order valence-electron chi connectivity index (χ1n) is 6.12. The molecule has 0 saturated carbocycles. The van der Waals surface area contributed by atoms with E-state index in [1.54, 1.807) is 18.9 Å². The lowest BCUT2D eigenvalue weighted by molar-refractivity contribution is 0.413. The molecule has 2 aromatic rings. The van der Waals surface area contributed by atoms with Gasteiger partial charge in [-0.15, -0.1) is 0 Å². The van der Waals surface area contributed by atoms with Gasteiger partial charge in [-0.2, -0.15) is 0 Å². The van der Waals surface area contributed by atoms with Gasteiger partial charge in [-0.05, 0) is 32.0 Å². The van der Waals surface area contributed by atoms with Crippen LogP contribution in [0.2, 0.25) is 0 Å². The molecule has 0 aliphatic rings. The maximum absolute atomic E-state index is 5.22. The van der Waals surface area contributed by atoms with Crippen LogP contribution >= 0.6 is 11.8 Å². The summed E-state index contributed by atoms with van der Waals surface area (Å²) in [5.74, 6) is 2.48. The summed E-state index contributed by atoms with van der Waals surface area (Å²) in [5, 5.41) is 4.14. The average molecular weight is 275 g/mol. The first-order chi connectivity index (χ1) is 9.21. The molecule has 0 amide bonds. The summed E-state index contributed by atoms with van der Waals surface area (Å²) < 4.78 is 5.22. The molecule has 0 aliphatic carbocycles. The van der Waals surface area contributed by atoms with Gasteiger partial charge in [0.05, 0.1) is 7.11 Å². The van der Waals surface area contributed by atoms with Crippen molar-refractivity contribution < 1.29 is 4.74 Å². The molecule has 1 heterocycles. The van der Waals surface area contributed by atoms with Gasteiger partial charge in [0.25, 0.3) is 0 Å². The molecule has 19 heavy (non-hydrogen) atoms. The summed E-state index contributed by atoms with van der Waals surface area (Å²) in [7, 11) is 1.67. The van der Waals surface area contributed by atoms with Crippen molar-refractivity contribution in [3.8, 4) is 5.75 Å². The van der Waals surface area contributed by atoms with Gasteiger partial charge in [-0.1, -0.05) is 17.8 Å². The van der Waals surface area contributed by atoms with E-state index in [2.05, 4.69) is 15.3 Å². The monoisotopic (exact) mass is 275 g/mol. The zero-order valence-corrected chi connectivity index (χ0v) is 12.1. The Hall–Kier alpha value is -1.75. The summed E-state index contributed by atoms with van der Waals surface area (Å²) in [6.45, 7) is 4.79. The molecule has 4 nitrogen and oxygen atoms in total. The van der Waals surface area contributed by atoms with Gasteiger partial charge < -0.3 is 10.1 Å². The number of hydrogen-bond acceptors (Lipinski definition) is 5. The van der Waals surface area contributed by atoms with Gasteiger partial charge in [-0.25, -0.2) is 9.97 Å². The van der Waals surface area contributed by atoms with Crippen LogP contribution in [0.1, 0.15) is 12.7 Å². The number of aryl methyl sites for hydroxylation is 1. The highest BCUT2D eigenvalue weighted by molar-refractivity contribution is 7.99. The van der Waals surface area contributed by atoms with E-state index in [9.17, 15) is 0 Å². The first-order valence-corrected chi connectivity index (χ1v) is 6.94. The van der Waals surface area contributed by atoms with Crippen molar-refractivity contribution in [1.29, 1.82) is 0 Å². The number of nitrogens with one attached hydrogen (secondary N) is 1. The largest absolute Gasteiger partial charge is 0.497 e. The summed E-state index contributed by atoms with van der Waals surface area (Å²) in [4.78, 5) is 9.87. The smallest absolute Gasteiger partial charge is 0.130 e. The maximum atomic E-state index is 5.22. The average Bonchev–Trinajstić information content (AvgIpc) is 2.38. The SMILES string of the molecule is CCNc1cc(Sc2cccc(OC)c2)nc(C)n1. The highest BCUT2D eigenvalue weighted by Gasteiger charge is 2.04. The Labute approximate surface area is 117 Å². The molecule has 0 aliphatic heterocycles. The predicted molar refractivity (Wildman–Crippen MR) is 78.0 cm³/mol. The number of methoxy groups -OCH3 is 1. The molecule has 5 heteroatoms. The van der Waals surface area contributed by atoms with Crippen molar-refractivity contribution in [2.24, 2.45) is 0 Å². The summed E-state index contributed by atoms with van der Waals surface area (Å²) in [6, 6.07) is 9.90. The van der Waals surface area contributed by atoms with Crippen LogP contribution in [0.25, 0.3) is 0 Å². The van der Waals surface area contributed by atoms with Crippen LogP contribution in [0.4, 0.5) is 5.82 Å². The van der Waals surface area contributed by atoms with E-state index < -0.39 is 0 Å². The topological polar surface area (TPSA) is 47.0 Å². The number of anilines is 1. The molecule has 1 aromatic carbocycles. The number of benzene rings is 1. The fraction of sp³-hybridized carbons (Fsp3) is 0.286. The minimum absolute atomic E-state index is 0.767. The van der Waals surface area contributed by atoms with Gasteiger partial charge in [0.15, 0.2) is 0 Å². The van der Waals surface area contributed by atoms with Crippen molar-refractivity contribution in [3.05, 3.63) is 36.2 Å². The van der Waals surface area contributed by atoms with Gasteiger partial charge >= 0.3 is 0 Å². The maximum Gasteiger partial charge on any atom is 0.130 e. The third-order valence-electron chi connectivity index (χ3n) is 2.44. The zero-order valence-electron chi connectivity index (χ0n) is 11.3. The molecule has 0 spiro atoms. The van der Waals surface area contributed by atoms with E-state index in [-0.39, 0.29) is 0 Å². The van der Waals surface area contributed by atoms with Crippen molar-refractivity contribution in [1.82, 2.24) is 9.97 Å². The van der Waals surface area contributed by atoms with E-state index in [0.717, 1.165) is 33.9 Å². The van der Waals surface area contributed by atoms with Crippen LogP contribution in [-0.2, 0) is 0 Å². The highest BCUT2D eigenvalue weighted by Crippen LogP contribution is 2.29. The molecule has 2 rings (SSSR count). The number of hydrogen-bond donors (Lipinski definition) is 1. The Bertz CT molecular complexity index is 560. The van der Waals surface area contributed by atoms with Gasteiger partial charge in [0.2, 0.25) is 0 Å². The van der Waals surface area contributed by atoms with E-state index in [4.69, 9.17) is 4.74 Å². The molecule has 1 N–H and O–H groups in total. The lowest BCUT2D eigenvalue weighted by Crippen LogP contribution is -2.02. The Morgan fingerprint density at radius 1 is 1.26 bits per heavy atom. The fourth-order valence-electron chi connectivity index (χ4n) is 1.65. The molecular weight excluding hydrogens is 258 g/mol. The van der Waals surface area contributed by atoms with Crippen LogP contribution in [-0.4, -0.2) is 23.6 Å². The Morgan fingerprint density at radius 2 is 2.11 bits per heavy atom. The van der Waals surface area contributed by atoms with Crippen LogP contribution in [0.5, 0.6) is 5.75 Å². The van der Waals surface area contributed by atoms with E-state index in [0.29, 0.717) is 0 Å². The van der Waals surface area contributed by atoms with Crippen molar-refractivity contribution >= 4 is 17.6 Å². The summed E-state index contributed by atoms with van der Waals surface area (Å²) in [5.41, 5.74) is 0. The number of rotatable bonds is 5. The number of aromatic nitrogens is 2. The van der Waals surface area contributed by atoms with Crippen LogP contribution in [0, 0.1) is 6.92 Å². The molecule has 0 fully saturated rings. The first kappa shape index (κ1) is 13.7.